The molecule has 0 aromatic heterocycles. The van der Waals surface area contributed by atoms with Crippen molar-refractivity contribution in [3.8, 4) is 0 Å². The Labute approximate surface area is 462 Å². The topological polar surface area (TPSA) is 95.9 Å². The summed E-state index contributed by atoms with van der Waals surface area (Å²) in [6, 6.07) is -0.537. The maximum absolute atomic E-state index is 12.4. The predicted octanol–water partition coefficient (Wildman–Crippen LogP) is 21.1. The van der Waals surface area contributed by atoms with Gasteiger partial charge < -0.3 is 20.3 Å². The van der Waals surface area contributed by atoms with Gasteiger partial charge in [0.05, 0.1) is 25.4 Å². The quantitative estimate of drug-likeness (QED) is 0.0320. The number of allylic oxidation sites excluding steroid dienone is 6. The fraction of sp³-hybridized carbons (Fsp3) is 0.882. The number of unbranched alkanes of at least 4 members (excludes halogenated alkanes) is 45. The second-order valence-corrected chi connectivity index (χ2v) is 22.8. The van der Waals surface area contributed by atoms with Gasteiger partial charge in [0.1, 0.15) is 0 Å². The van der Waals surface area contributed by atoms with E-state index in [0.29, 0.717) is 25.9 Å². The minimum atomic E-state index is -0.660. The lowest BCUT2D eigenvalue weighted by Gasteiger charge is -2.22. The maximum atomic E-state index is 12.4. The van der Waals surface area contributed by atoms with Crippen molar-refractivity contribution in [2.75, 3.05) is 13.2 Å². The highest BCUT2D eigenvalue weighted by atomic mass is 16.5. The van der Waals surface area contributed by atoms with Gasteiger partial charge in [-0.3, -0.25) is 9.59 Å². The third-order valence-corrected chi connectivity index (χ3v) is 15.4. The Morgan fingerprint density at radius 3 is 1.08 bits per heavy atom. The minimum Gasteiger partial charge on any atom is -0.466 e. The summed E-state index contributed by atoms with van der Waals surface area (Å²) >= 11 is 0. The molecule has 0 bridgehead atoms. The molecular formula is C68H129NO5. The Kier molecular flexibility index (Phi) is 62.0. The maximum Gasteiger partial charge on any atom is 0.305 e. The number of rotatable bonds is 62. The van der Waals surface area contributed by atoms with Crippen LogP contribution in [0.1, 0.15) is 361 Å². The summed E-state index contributed by atoms with van der Waals surface area (Å²) in [4.78, 5) is 24.4. The number of esters is 1. The van der Waals surface area contributed by atoms with Crippen LogP contribution in [0.5, 0.6) is 0 Å². The number of hydrogen-bond donors (Lipinski definition) is 3. The van der Waals surface area contributed by atoms with Gasteiger partial charge in [-0.15, -0.1) is 0 Å². The first-order valence-corrected chi connectivity index (χ1v) is 33.2. The number of carbonyl (C=O) groups is 2. The molecule has 0 aromatic carbocycles. The first-order valence-electron chi connectivity index (χ1n) is 33.2. The Hall–Kier alpha value is -1.92. The van der Waals surface area contributed by atoms with Crippen molar-refractivity contribution in [3.63, 3.8) is 0 Å². The molecule has 2 atom stereocenters. The monoisotopic (exact) mass is 1040 g/mol. The smallest absolute Gasteiger partial charge is 0.305 e. The van der Waals surface area contributed by atoms with Gasteiger partial charge in [0.15, 0.2) is 0 Å². The first-order chi connectivity index (χ1) is 36.5. The van der Waals surface area contributed by atoms with Gasteiger partial charge in [0.25, 0.3) is 0 Å². The standard InChI is InChI=1S/C68H129NO5/c1-3-5-7-9-11-13-41-46-50-54-58-62-68(73)74-63-59-55-51-47-43-40-38-36-34-32-30-28-26-24-22-20-18-16-14-15-17-19-21-23-25-27-29-31-33-35-37-39-42-45-49-53-57-61-67(72)69-65(64-70)66(71)60-56-52-48-44-12-10-8-6-4-2/h9,11,14,16,20,22,65-66,70-71H,3-8,10,12-13,15,17-19,21,23-64H2,1-2H3,(H,69,72)/b11-9-,16-14-,22-20-. The minimum absolute atomic E-state index is 0.00753. The van der Waals surface area contributed by atoms with Crippen molar-refractivity contribution >= 4 is 11.9 Å². The Balaban J connectivity index is 3.34. The molecule has 0 radical (unpaired) electrons. The lowest BCUT2D eigenvalue weighted by molar-refractivity contribution is -0.143. The van der Waals surface area contributed by atoms with E-state index in [1.54, 1.807) is 0 Å². The van der Waals surface area contributed by atoms with Crippen LogP contribution in [0, 0.1) is 0 Å². The number of nitrogens with one attached hydrogen (secondary N) is 1. The van der Waals surface area contributed by atoms with Crippen molar-refractivity contribution in [1.82, 2.24) is 5.32 Å². The normalized spacial score (nSPS) is 12.8. The molecule has 0 aliphatic carbocycles. The summed E-state index contributed by atoms with van der Waals surface area (Å²) in [5.74, 6) is -0.0260. The Morgan fingerprint density at radius 1 is 0.378 bits per heavy atom. The molecule has 436 valence electrons. The highest BCUT2D eigenvalue weighted by molar-refractivity contribution is 5.76. The second kappa shape index (κ2) is 63.6. The van der Waals surface area contributed by atoms with Gasteiger partial charge in [-0.25, -0.2) is 0 Å². The number of aliphatic hydroxyl groups is 2. The number of ether oxygens (including phenoxy) is 1. The molecule has 0 fully saturated rings. The lowest BCUT2D eigenvalue weighted by atomic mass is 10.0. The highest BCUT2D eigenvalue weighted by Gasteiger charge is 2.20. The number of amides is 1. The molecule has 2 unspecified atom stereocenters. The molecular weight excluding hydrogens is 911 g/mol. The van der Waals surface area contributed by atoms with E-state index in [-0.39, 0.29) is 18.5 Å². The molecule has 0 spiro atoms. The third-order valence-electron chi connectivity index (χ3n) is 15.4. The summed E-state index contributed by atoms with van der Waals surface area (Å²) in [6.45, 7) is 4.91. The van der Waals surface area contributed by atoms with Crippen molar-refractivity contribution in [3.05, 3.63) is 36.5 Å². The van der Waals surface area contributed by atoms with Crippen LogP contribution in [0.15, 0.2) is 36.5 Å². The van der Waals surface area contributed by atoms with Crippen LogP contribution in [0.3, 0.4) is 0 Å². The molecule has 1 amide bonds. The number of carbonyl (C=O) groups excluding carboxylic acids is 2. The van der Waals surface area contributed by atoms with Crippen LogP contribution in [0.25, 0.3) is 0 Å². The summed E-state index contributed by atoms with van der Waals surface area (Å²) in [6.07, 6.45) is 80.6. The van der Waals surface area contributed by atoms with E-state index in [2.05, 4.69) is 55.6 Å². The SMILES string of the molecule is CCCC/C=C\CCCCCCCC(=O)OCCCCCCCCCCCCCCC/C=C\C/C=C\CCCCCCCCCCCCCCCCCCCC(=O)NC(CO)C(O)CCCCCCCCCCC. The Bertz CT molecular complexity index is 1200. The van der Waals surface area contributed by atoms with Crippen LogP contribution < -0.4 is 5.32 Å². The Morgan fingerprint density at radius 2 is 0.689 bits per heavy atom. The van der Waals surface area contributed by atoms with Gasteiger partial charge in [-0.1, -0.05) is 307 Å². The molecule has 6 nitrogen and oxygen atoms in total. The summed E-state index contributed by atoms with van der Waals surface area (Å²) in [5.41, 5.74) is 0. The van der Waals surface area contributed by atoms with Crippen LogP contribution in [0.4, 0.5) is 0 Å². The van der Waals surface area contributed by atoms with Gasteiger partial charge in [-0.2, -0.15) is 0 Å². The zero-order valence-corrected chi connectivity index (χ0v) is 49.8. The molecule has 0 heterocycles. The summed E-state index contributed by atoms with van der Waals surface area (Å²) in [5, 5.41) is 23.1. The van der Waals surface area contributed by atoms with Crippen LogP contribution in [-0.2, 0) is 14.3 Å². The van der Waals surface area contributed by atoms with Gasteiger partial charge in [0, 0.05) is 12.8 Å². The molecule has 0 aliphatic rings. The first kappa shape index (κ1) is 72.1. The van der Waals surface area contributed by atoms with E-state index in [9.17, 15) is 19.8 Å². The predicted molar refractivity (Wildman–Crippen MR) is 324 cm³/mol. The lowest BCUT2D eigenvalue weighted by Crippen LogP contribution is -2.45. The van der Waals surface area contributed by atoms with Gasteiger partial charge in [-0.05, 0) is 77.0 Å². The fourth-order valence-electron chi connectivity index (χ4n) is 10.3. The second-order valence-electron chi connectivity index (χ2n) is 22.8. The molecule has 0 aliphatic heterocycles. The van der Waals surface area contributed by atoms with Crippen molar-refractivity contribution < 1.29 is 24.5 Å². The van der Waals surface area contributed by atoms with E-state index < -0.39 is 12.1 Å². The van der Waals surface area contributed by atoms with E-state index in [1.807, 2.05) is 0 Å². The highest BCUT2D eigenvalue weighted by Crippen LogP contribution is 2.18. The molecule has 0 rings (SSSR count). The van der Waals surface area contributed by atoms with Crippen LogP contribution in [0.2, 0.25) is 0 Å². The largest absolute Gasteiger partial charge is 0.466 e. The average Bonchev–Trinajstić information content (AvgIpc) is 3.40. The summed E-state index contributed by atoms with van der Waals surface area (Å²) in [7, 11) is 0. The third kappa shape index (κ3) is 59.3. The van der Waals surface area contributed by atoms with E-state index in [0.717, 1.165) is 51.4 Å². The van der Waals surface area contributed by atoms with E-state index in [1.165, 1.54) is 276 Å². The number of aliphatic hydroxyl groups excluding tert-OH is 2. The van der Waals surface area contributed by atoms with Crippen LogP contribution >= 0.6 is 0 Å². The molecule has 74 heavy (non-hydrogen) atoms. The van der Waals surface area contributed by atoms with Gasteiger partial charge >= 0.3 is 5.97 Å². The molecule has 0 saturated heterocycles. The van der Waals surface area contributed by atoms with Gasteiger partial charge in [0.2, 0.25) is 5.91 Å². The van der Waals surface area contributed by atoms with Crippen LogP contribution in [-0.4, -0.2) is 47.4 Å². The van der Waals surface area contributed by atoms with E-state index >= 15 is 0 Å². The molecule has 3 N–H and O–H groups in total. The number of hydrogen-bond acceptors (Lipinski definition) is 5. The van der Waals surface area contributed by atoms with Crippen molar-refractivity contribution in [2.24, 2.45) is 0 Å². The fourth-order valence-corrected chi connectivity index (χ4v) is 10.3. The zero-order chi connectivity index (χ0) is 53.6. The van der Waals surface area contributed by atoms with Crippen molar-refractivity contribution in [1.29, 1.82) is 0 Å². The van der Waals surface area contributed by atoms with E-state index in [4.69, 9.17) is 4.74 Å². The molecule has 0 aromatic rings. The molecule has 6 heteroatoms. The molecule has 0 saturated carbocycles. The zero-order valence-electron chi connectivity index (χ0n) is 49.8. The average molecular weight is 1040 g/mol. The summed E-state index contributed by atoms with van der Waals surface area (Å²) < 4.78 is 5.46. The van der Waals surface area contributed by atoms with Crippen molar-refractivity contribution in [2.45, 2.75) is 373 Å².